The van der Waals surface area contributed by atoms with Crippen molar-refractivity contribution < 1.29 is 45.0 Å². The van der Waals surface area contributed by atoms with Crippen LogP contribution in [0.2, 0.25) is 0 Å². The highest BCUT2D eigenvalue weighted by molar-refractivity contribution is 5.76. The second-order valence-electron chi connectivity index (χ2n) is 10.9. The van der Waals surface area contributed by atoms with E-state index in [0.29, 0.717) is 22.3 Å². The summed E-state index contributed by atoms with van der Waals surface area (Å²) in [6, 6.07) is 9.22. The van der Waals surface area contributed by atoms with Crippen molar-refractivity contribution in [2.45, 2.75) is 58.6 Å². The lowest BCUT2D eigenvalue weighted by Gasteiger charge is -2.37. The predicted octanol–water partition coefficient (Wildman–Crippen LogP) is 9.30. The third kappa shape index (κ3) is 6.50. The van der Waals surface area contributed by atoms with Gasteiger partial charge < -0.3 is 14.4 Å². The Morgan fingerprint density at radius 2 is 1.62 bits per heavy atom. The molecule has 1 aliphatic rings. The van der Waals surface area contributed by atoms with Crippen molar-refractivity contribution in [1.29, 1.82) is 0 Å². The number of hydrogen-bond acceptors (Lipinski definition) is 3. The minimum atomic E-state index is -4.68. The summed E-state index contributed by atoms with van der Waals surface area (Å²) in [4.78, 5) is 14.3. The normalized spacial score (nSPS) is 17.9. The molecule has 0 N–H and O–H groups in total. The third-order valence-corrected chi connectivity index (χ3v) is 7.29. The zero-order chi connectivity index (χ0) is 31.1. The molecule has 2 atom stereocenters. The smallest absolute Gasteiger partial charge is 0.416 e. The summed E-state index contributed by atoms with van der Waals surface area (Å²) in [6.07, 6.45) is -11.1. The molecule has 11 heteroatoms. The number of carbonyl (C=O) groups is 1. The number of carbonyl (C=O) groups excluding carboxylic acids is 1. The molecule has 1 saturated heterocycles. The Hall–Kier alpha value is -3.76. The van der Waals surface area contributed by atoms with Crippen LogP contribution >= 0.6 is 0 Å². The van der Waals surface area contributed by atoms with Crippen molar-refractivity contribution in [3.05, 3.63) is 87.7 Å². The molecule has 226 valence electrons. The van der Waals surface area contributed by atoms with Crippen LogP contribution in [0.1, 0.15) is 66.2 Å². The van der Waals surface area contributed by atoms with E-state index in [9.17, 15) is 35.5 Å². The van der Waals surface area contributed by atoms with Crippen LogP contribution in [0, 0.1) is 18.7 Å². The first kappa shape index (κ1) is 31.2. The van der Waals surface area contributed by atoms with E-state index in [0.717, 1.165) is 24.3 Å². The average Bonchev–Trinajstić information content (AvgIpc) is 2.88. The van der Waals surface area contributed by atoms with Crippen molar-refractivity contribution in [3.63, 3.8) is 0 Å². The van der Waals surface area contributed by atoms with Crippen molar-refractivity contribution in [2.24, 2.45) is 5.92 Å². The molecule has 0 aliphatic carbocycles. The summed E-state index contributed by atoms with van der Waals surface area (Å²) in [5, 5.41) is 0. The second kappa shape index (κ2) is 11.5. The molecule has 4 nitrogen and oxygen atoms in total. The van der Waals surface area contributed by atoms with E-state index in [2.05, 4.69) is 0 Å². The van der Waals surface area contributed by atoms with Gasteiger partial charge in [-0.15, -0.1) is 0 Å². The molecule has 3 aromatic rings. The average molecular weight is 598 g/mol. The first-order valence-corrected chi connectivity index (χ1v) is 13.2. The van der Waals surface area contributed by atoms with Gasteiger partial charge in [0.25, 0.3) is 0 Å². The third-order valence-electron chi connectivity index (χ3n) is 7.29. The van der Waals surface area contributed by atoms with E-state index >= 15 is 0 Å². The number of alkyl halides is 6. The topological polar surface area (TPSA) is 38.8 Å². The number of nitrogens with zero attached hydrogens (tertiary/aromatic N) is 1. The van der Waals surface area contributed by atoms with E-state index in [1.165, 1.54) is 43.2 Å². The van der Waals surface area contributed by atoms with E-state index in [1.807, 2.05) is 0 Å². The van der Waals surface area contributed by atoms with Crippen molar-refractivity contribution in [2.75, 3.05) is 13.7 Å². The Bertz CT molecular complexity index is 1480. The van der Waals surface area contributed by atoms with Gasteiger partial charge in [0.2, 0.25) is 0 Å². The molecule has 1 amide bonds. The number of aryl methyl sites for hydroxylation is 1. The fraction of sp³-hybridized carbons (Fsp3) is 0.387. The molecule has 0 spiro atoms. The fourth-order valence-electron chi connectivity index (χ4n) is 5.25. The summed E-state index contributed by atoms with van der Waals surface area (Å²) >= 11 is 0. The number of ether oxygens (including phenoxy) is 2. The quantitative estimate of drug-likeness (QED) is 0.266. The molecule has 3 aromatic carbocycles. The van der Waals surface area contributed by atoms with Gasteiger partial charge in [-0.3, -0.25) is 0 Å². The largest absolute Gasteiger partial charge is 0.496 e. The lowest BCUT2D eigenvalue weighted by Crippen LogP contribution is -2.43. The van der Waals surface area contributed by atoms with Gasteiger partial charge >= 0.3 is 18.4 Å². The zero-order valence-electron chi connectivity index (χ0n) is 23.6. The van der Waals surface area contributed by atoms with Crippen molar-refractivity contribution in [3.8, 4) is 16.9 Å². The SMILES string of the molecule is COc1cc(F)c(C(C)C)cc1-c1ccc(C(F)(F)F)cc1CN1C[C@H](C)[C@@H](c2cc(C)cc(C(F)(F)F)c2)OC1=O. The minimum Gasteiger partial charge on any atom is -0.496 e. The van der Waals surface area contributed by atoms with E-state index in [4.69, 9.17) is 9.47 Å². The molecule has 1 fully saturated rings. The summed E-state index contributed by atoms with van der Waals surface area (Å²) in [5.74, 6) is -1.15. The van der Waals surface area contributed by atoms with Crippen LogP contribution in [0.15, 0.2) is 48.5 Å². The van der Waals surface area contributed by atoms with E-state index in [-0.39, 0.29) is 35.9 Å². The van der Waals surface area contributed by atoms with Crippen molar-refractivity contribution >= 4 is 6.09 Å². The molecular weight excluding hydrogens is 567 g/mol. The maximum atomic E-state index is 14.7. The van der Waals surface area contributed by atoms with Crippen LogP contribution in [0.4, 0.5) is 35.5 Å². The maximum absolute atomic E-state index is 14.7. The molecule has 0 aromatic heterocycles. The van der Waals surface area contributed by atoms with Gasteiger partial charge in [-0.25, -0.2) is 9.18 Å². The summed E-state index contributed by atoms with van der Waals surface area (Å²) in [5.41, 5.74) is -0.190. The minimum absolute atomic E-state index is 0.00623. The van der Waals surface area contributed by atoms with Crippen LogP contribution in [0.5, 0.6) is 5.75 Å². The highest BCUT2D eigenvalue weighted by Gasteiger charge is 2.38. The Labute approximate surface area is 239 Å². The molecule has 0 saturated carbocycles. The molecule has 0 radical (unpaired) electrons. The van der Waals surface area contributed by atoms with Crippen LogP contribution in [0.3, 0.4) is 0 Å². The highest BCUT2D eigenvalue weighted by atomic mass is 19.4. The first-order chi connectivity index (χ1) is 19.5. The first-order valence-electron chi connectivity index (χ1n) is 13.2. The fourth-order valence-corrected chi connectivity index (χ4v) is 5.25. The molecule has 0 unspecified atom stereocenters. The number of methoxy groups -OCH3 is 1. The number of cyclic esters (lactones) is 1. The number of benzene rings is 3. The standard InChI is InChI=1S/C31H30F7NO3/c1-16(2)24-12-25(27(41-5)13-26(24)32)23-7-6-21(30(33,34)35)11-20(23)15-39-14-18(4)28(42-29(39)40)19-8-17(3)9-22(10-19)31(36,37)38/h6-13,16,18,28H,14-15H2,1-5H3/t18-,28-/m0/s1. The molecule has 1 heterocycles. The molecular formula is C31H30F7NO3. The number of rotatable bonds is 6. The monoisotopic (exact) mass is 597 g/mol. The molecule has 0 bridgehead atoms. The molecule has 4 rings (SSSR count). The highest BCUT2D eigenvalue weighted by Crippen LogP contribution is 2.41. The molecule has 42 heavy (non-hydrogen) atoms. The van der Waals surface area contributed by atoms with Crippen LogP contribution in [-0.2, 0) is 23.6 Å². The van der Waals surface area contributed by atoms with Crippen LogP contribution in [0.25, 0.3) is 11.1 Å². The maximum Gasteiger partial charge on any atom is 0.416 e. The van der Waals surface area contributed by atoms with Crippen LogP contribution < -0.4 is 4.74 Å². The van der Waals surface area contributed by atoms with Crippen molar-refractivity contribution in [1.82, 2.24) is 4.90 Å². The van der Waals surface area contributed by atoms with Gasteiger partial charge in [0, 0.05) is 30.6 Å². The summed E-state index contributed by atoms with van der Waals surface area (Å²) < 4.78 is 107. The Balaban J connectivity index is 1.72. The lowest BCUT2D eigenvalue weighted by molar-refractivity contribution is -0.138. The number of hydrogen-bond donors (Lipinski definition) is 0. The van der Waals surface area contributed by atoms with Gasteiger partial charge in [-0.2, -0.15) is 26.3 Å². The van der Waals surface area contributed by atoms with Gasteiger partial charge in [0.05, 0.1) is 18.2 Å². The zero-order valence-corrected chi connectivity index (χ0v) is 23.6. The van der Waals surface area contributed by atoms with E-state index < -0.39 is 47.4 Å². The predicted molar refractivity (Wildman–Crippen MR) is 142 cm³/mol. The summed E-state index contributed by atoms with van der Waals surface area (Å²) in [7, 11) is 1.32. The molecule has 1 aliphatic heterocycles. The Kier molecular flexibility index (Phi) is 8.53. The number of amides is 1. The van der Waals surface area contributed by atoms with Gasteiger partial charge in [0.15, 0.2) is 0 Å². The van der Waals surface area contributed by atoms with Gasteiger partial charge in [0.1, 0.15) is 17.7 Å². The van der Waals surface area contributed by atoms with E-state index in [1.54, 1.807) is 20.8 Å². The Morgan fingerprint density at radius 1 is 0.952 bits per heavy atom. The van der Waals surface area contributed by atoms with Gasteiger partial charge in [-0.05, 0) is 65.4 Å². The second-order valence-corrected chi connectivity index (χ2v) is 10.9. The van der Waals surface area contributed by atoms with Crippen LogP contribution in [-0.4, -0.2) is 24.6 Å². The summed E-state index contributed by atoms with van der Waals surface area (Å²) in [6.45, 7) is 6.45. The van der Waals surface area contributed by atoms with Gasteiger partial charge in [-0.1, -0.05) is 38.5 Å². The Morgan fingerprint density at radius 3 is 2.21 bits per heavy atom. The lowest BCUT2D eigenvalue weighted by atomic mass is 9.91. The number of halogens is 7.